The lowest BCUT2D eigenvalue weighted by atomic mass is 9.82. The zero-order valence-corrected chi connectivity index (χ0v) is 12.1. The second-order valence-corrected chi connectivity index (χ2v) is 4.86. The summed E-state index contributed by atoms with van der Waals surface area (Å²) in [7, 11) is 0. The van der Waals surface area contributed by atoms with E-state index in [2.05, 4.69) is 10.3 Å². The second kappa shape index (κ2) is 6.36. The highest BCUT2D eigenvalue weighted by atomic mass is 16.4. The number of nitrogens with one attached hydrogen (secondary N) is 1. The van der Waals surface area contributed by atoms with Gasteiger partial charge in [0.1, 0.15) is 5.82 Å². The van der Waals surface area contributed by atoms with Crippen LogP contribution in [0.1, 0.15) is 42.7 Å². The van der Waals surface area contributed by atoms with E-state index < -0.39 is 17.3 Å². The number of amides is 1. The molecule has 0 aliphatic heterocycles. The van der Waals surface area contributed by atoms with Crippen LogP contribution in [0.3, 0.4) is 0 Å². The van der Waals surface area contributed by atoms with E-state index in [4.69, 9.17) is 5.73 Å². The number of aryl methyl sites for hydroxylation is 1. The highest BCUT2D eigenvalue weighted by molar-refractivity contribution is 5.97. The van der Waals surface area contributed by atoms with E-state index in [1.165, 1.54) is 0 Å². The van der Waals surface area contributed by atoms with Crippen molar-refractivity contribution in [2.45, 2.75) is 33.6 Å². The molecular formula is C14H21N3O3. The third-order valence-corrected chi connectivity index (χ3v) is 3.70. The van der Waals surface area contributed by atoms with Crippen molar-refractivity contribution < 1.29 is 14.7 Å². The van der Waals surface area contributed by atoms with Crippen LogP contribution in [-0.2, 0) is 4.79 Å². The summed E-state index contributed by atoms with van der Waals surface area (Å²) in [5, 5.41) is 12.3. The zero-order valence-electron chi connectivity index (χ0n) is 12.1. The minimum absolute atomic E-state index is 0.200. The Hall–Kier alpha value is -2.11. The predicted octanol–water partition coefficient (Wildman–Crippen LogP) is 1.79. The number of rotatable bonds is 7. The van der Waals surface area contributed by atoms with Gasteiger partial charge in [-0.15, -0.1) is 0 Å². The molecule has 6 heteroatoms. The van der Waals surface area contributed by atoms with Crippen molar-refractivity contribution in [3.05, 3.63) is 23.4 Å². The summed E-state index contributed by atoms with van der Waals surface area (Å²) in [4.78, 5) is 27.0. The maximum Gasteiger partial charge on any atom is 0.311 e. The monoisotopic (exact) mass is 279 g/mol. The Bertz CT molecular complexity index is 510. The summed E-state index contributed by atoms with van der Waals surface area (Å²) < 4.78 is 0. The lowest BCUT2D eigenvalue weighted by Crippen LogP contribution is -2.37. The lowest BCUT2D eigenvalue weighted by Gasteiger charge is -2.27. The first-order valence-electron chi connectivity index (χ1n) is 6.61. The van der Waals surface area contributed by atoms with Crippen LogP contribution < -0.4 is 11.1 Å². The number of carboxylic acid groups (broad SMARTS) is 1. The average molecular weight is 279 g/mol. The largest absolute Gasteiger partial charge is 0.481 e. The standard InChI is InChI=1S/C14H21N3O3/c1-4-14(5-2,13(19)20)8-16-12-10(11(15)18)7-6-9(3)17-12/h6-7H,4-5,8H2,1-3H3,(H2,15,18)(H,16,17)(H,19,20). The molecule has 0 aliphatic carbocycles. The second-order valence-electron chi connectivity index (χ2n) is 4.86. The van der Waals surface area contributed by atoms with Gasteiger partial charge in [0.05, 0.1) is 11.0 Å². The molecule has 0 bridgehead atoms. The van der Waals surface area contributed by atoms with Gasteiger partial charge < -0.3 is 16.2 Å². The molecule has 0 aliphatic rings. The molecule has 0 atom stereocenters. The van der Waals surface area contributed by atoms with Crippen LogP contribution in [0, 0.1) is 12.3 Å². The molecule has 1 amide bonds. The number of hydrogen-bond donors (Lipinski definition) is 3. The Morgan fingerprint density at radius 3 is 2.40 bits per heavy atom. The Labute approximate surface area is 118 Å². The number of hydrogen-bond acceptors (Lipinski definition) is 4. The summed E-state index contributed by atoms with van der Waals surface area (Å²) in [5.41, 5.74) is 5.41. The molecule has 0 saturated heterocycles. The zero-order chi connectivity index (χ0) is 15.3. The number of carbonyl (C=O) groups is 2. The number of aliphatic carboxylic acids is 1. The topological polar surface area (TPSA) is 105 Å². The first-order chi connectivity index (χ1) is 9.36. The van der Waals surface area contributed by atoms with Gasteiger partial charge in [0, 0.05) is 12.2 Å². The number of aromatic nitrogens is 1. The number of carboxylic acids is 1. The molecule has 20 heavy (non-hydrogen) atoms. The number of anilines is 1. The summed E-state index contributed by atoms with van der Waals surface area (Å²) >= 11 is 0. The number of carbonyl (C=O) groups excluding carboxylic acids is 1. The van der Waals surface area contributed by atoms with Crippen molar-refractivity contribution in [1.29, 1.82) is 0 Å². The van der Waals surface area contributed by atoms with Gasteiger partial charge in [-0.2, -0.15) is 0 Å². The lowest BCUT2D eigenvalue weighted by molar-refractivity contribution is -0.148. The van der Waals surface area contributed by atoms with E-state index >= 15 is 0 Å². The summed E-state index contributed by atoms with van der Waals surface area (Å²) in [6.45, 7) is 5.65. The molecule has 0 fully saturated rings. The molecule has 1 aromatic rings. The number of primary amides is 1. The molecule has 1 aromatic heterocycles. The highest BCUT2D eigenvalue weighted by Gasteiger charge is 2.34. The molecule has 1 heterocycles. The number of nitrogens with two attached hydrogens (primary N) is 1. The average Bonchev–Trinajstić information content (AvgIpc) is 2.39. The minimum Gasteiger partial charge on any atom is -0.481 e. The normalized spacial score (nSPS) is 11.2. The molecule has 0 aromatic carbocycles. The van der Waals surface area contributed by atoms with Crippen molar-refractivity contribution in [3.8, 4) is 0 Å². The number of pyridine rings is 1. The van der Waals surface area contributed by atoms with Gasteiger partial charge in [-0.05, 0) is 31.9 Å². The van der Waals surface area contributed by atoms with Crippen molar-refractivity contribution in [3.63, 3.8) is 0 Å². The molecule has 4 N–H and O–H groups in total. The van der Waals surface area contributed by atoms with Crippen molar-refractivity contribution >= 4 is 17.7 Å². The third kappa shape index (κ3) is 3.26. The fourth-order valence-electron chi connectivity index (χ4n) is 2.02. The third-order valence-electron chi connectivity index (χ3n) is 3.70. The number of nitrogens with zero attached hydrogens (tertiary/aromatic N) is 1. The van der Waals surface area contributed by atoms with Gasteiger partial charge in [-0.3, -0.25) is 9.59 Å². The SMILES string of the molecule is CCC(CC)(CNc1nc(C)ccc1C(N)=O)C(=O)O. The van der Waals surface area contributed by atoms with Crippen molar-refractivity contribution in [2.24, 2.45) is 11.1 Å². The molecule has 110 valence electrons. The van der Waals surface area contributed by atoms with Crippen LogP contribution in [0.5, 0.6) is 0 Å². The van der Waals surface area contributed by atoms with Gasteiger partial charge in [0.2, 0.25) is 0 Å². The van der Waals surface area contributed by atoms with Crippen LogP contribution in [0.2, 0.25) is 0 Å². The quantitative estimate of drug-likeness (QED) is 0.705. The van der Waals surface area contributed by atoms with Crippen molar-refractivity contribution in [1.82, 2.24) is 4.98 Å². The van der Waals surface area contributed by atoms with Crippen LogP contribution in [0.15, 0.2) is 12.1 Å². The Kier molecular flexibility index (Phi) is 5.07. The molecular weight excluding hydrogens is 258 g/mol. The van der Waals surface area contributed by atoms with Crippen LogP contribution in [0.25, 0.3) is 0 Å². The first-order valence-corrected chi connectivity index (χ1v) is 6.61. The van der Waals surface area contributed by atoms with Gasteiger partial charge in [-0.1, -0.05) is 13.8 Å². The van der Waals surface area contributed by atoms with Crippen LogP contribution in [-0.4, -0.2) is 28.5 Å². The van der Waals surface area contributed by atoms with E-state index in [1.807, 2.05) is 13.8 Å². The van der Waals surface area contributed by atoms with Crippen LogP contribution >= 0.6 is 0 Å². The van der Waals surface area contributed by atoms with Crippen molar-refractivity contribution in [2.75, 3.05) is 11.9 Å². The molecule has 0 unspecified atom stereocenters. The first kappa shape index (κ1) is 15.9. The van der Waals surface area contributed by atoms with E-state index in [9.17, 15) is 14.7 Å². The minimum atomic E-state index is -0.875. The smallest absolute Gasteiger partial charge is 0.311 e. The molecule has 1 rings (SSSR count). The van der Waals surface area contributed by atoms with E-state index in [1.54, 1.807) is 19.1 Å². The van der Waals surface area contributed by atoms with E-state index in [0.717, 1.165) is 5.69 Å². The van der Waals surface area contributed by atoms with Gasteiger partial charge in [0.15, 0.2) is 0 Å². The Balaban J connectivity index is 3.01. The molecule has 0 spiro atoms. The molecule has 0 radical (unpaired) electrons. The summed E-state index contributed by atoms with van der Waals surface area (Å²) in [6.07, 6.45) is 0.979. The maximum absolute atomic E-state index is 11.4. The Morgan fingerprint density at radius 2 is 1.95 bits per heavy atom. The Morgan fingerprint density at radius 1 is 1.35 bits per heavy atom. The highest BCUT2D eigenvalue weighted by Crippen LogP contribution is 2.27. The maximum atomic E-state index is 11.4. The van der Waals surface area contributed by atoms with Crippen LogP contribution in [0.4, 0.5) is 5.82 Å². The van der Waals surface area contributed by atoms with E-state index in [0.29, 0.717) is 18.7 Å². The fraction of sp³-hybridized carbons (Fsp3) is 0.500. The summed E-state index contributed by atoms with van der Waals surface area (Å²) in [5.74, 6) is -1.11. The molecule has 0 saturated carbocycles. The van der Waals surface area contributed by atoms with E-state index in [-0.39, 0.29) is 12.1 Å². The fourth-order valence-corrected chi connectivity index (χ4v) is 2.02. The van der Waals surface area contributed by atoms with Gasteiger partial charge in [-0.25, -0.2) is 4.98 Å². The molecule has 6 nitrogen and oxygen atoms in total. The predicted molar refractivity (Wildman–Crippen MR) is 76.6 cm³/mol. The van der Waals surface area contributed by atoms with Gasteiger partial charge in [0.25, 0.3) is 5.91 Å². The summed E-state index contributed by atoms with van der Waals surface area (Å²) in [6, 6.07) is 3.28. The van der Waals surface area contributed by atoms with Gasteiger partial charge >= 0.3 is 5.97 Å².